The number of piperidine rings is 1. The monoisotopic (exact) mass is 275 g/mol. The number of hydrogen-bond donors (Lipinski definition) is 2. The second-order valence-corrected chi connectivity index (χ2v) is 6.68. The van der Waals surface area contributed by atoms with E-state index in [1.807, 2.05) is 0 Å². The number of nitrogens with one attached hydrogen (secondary N) is 2. The molecule has 0 spiro atoms. The van der Waals surface area contributed by atoms with Crippen molar-refractivity contribution in [3.8, 4) is 0 Å². The lowest BCUT2D eigenvalue weighted by Crippen LogP contribution is -2.55. The van der Waals surface area contributed by atoms with E-state index in [-0.39, 0.29) is 24.9 Å². The van der Waals surface area contributed by atoms with Gasteiger partial charge >= 0.3 is 0 Å². The molecule has 2 aliphatic rings. The Balaban J connectivity index is 2.00. The molecule has 102 valence electrons. The topological polar surface area (TPSA) is 95.6 Å². The minimum atomic E-state index is -3.56. The van der Waals surface area contributed by atoms with Gasteiger partial charge in [0.05, 0.1) is 18.8 Å². The third-order valence-corrected chi connectivity index (χ3v) is 5.00. The highest BCUT2D eigenvalue weighted by molar-refractivity contribution is 7.89. The summed E-state index contributed by atoms with van der Waals surface area (Å²) in [6.45, 7) is 0.293. The molecule has 0 bridgehead atoms. The average Bonchev–Trinajstić information content (AvgIpc) is 2.28. The van der Waals surface area contributed by atoms with Crippen LogP contribution in [-0.2, 0) is 19.6 Å². The lowest BCUT2D eigenvalue weighted by molar-refractivity contribution is -0.134. The maximum absolute atomic E-state index is 12.1. The van der Waals surface area contributed by atoms with Gasteiger partial charge in [-0.3, -0.25) is 14.9 Å². The van der Waals surface area contributed by atoms with E-state index >= 15 is 0 Å². The van der Waals surface area contributed by atoms with E-state index in [1.165, 1.54) is 0 Å². The molecule has 18 heavy (non-hydrogen) atoms. The number of piperazine rings is 1. The number of amides is 2. The van der Waals surface area contributed by atoms with Crippen LogP contribution in [0.5, 0.6) is 0 Å². The fraction of sp³-hybridized carbons (Fsp3) is 0.800. The highest BCUT2D eigenvalue weighted by Crippen LogP contribution is 2.12. The zero-order chi connectivity index (χ0) is 13.2. The van der Waals surface area contributed by atoms with Crippen molar-refractivity contribution in [3.05, 3.63) is 0 Å². The molecule has 2 amide bonds. The molecule has 0 aromatic carbocycles. The first-order valence-corrected chi connectivity index (χ1v) is 7.62. The Hall–Kier alpha value is -0.990. The van der Waals surface area contributed by atoms with Crippen LogP contribution in [0, 0.1) is 0 Å². The maximum atomic E-state index is 12.1. The summed E-state index contributed by atoms with van der Waals surface area (Å²) in [6.07, 6.45) is 2.88. The fourth-order valence-electron chi connectivity index (χ4n) is 2.23. The third-order valence-electron chi connectivity index (χ3n) is 3.14. The van der Waals surface area contributed by atoms with Crippen LogP contribution in [0.4, 0.5) is 0 Å². The van der Waals surface area contributed by atoms with Gasteiger partial charge in [0.1, 0.15) is 0 Å². The van der Waals surface area contributed by atoms with Gasteiger partial charge < -0.3 is 5.32 Å². The summed E-state index contributed by atoms with van der Waals surface area (Å²) >= 11 is 0. The van der Waals surface area contributed by atoms with E-state index in [0.717, 1.165) is 30.1 Å². The lowest BCUT2D eigenvalue weighted by Gasteiger charge is -2.28. The summed E-state index contributed by atoms with van der Waals surface area (Å²) in [5.74, 6) is -1.18. The molecule has 0 aromatic heterocycles. The number of nitrogens with zero attached hydrogens (tertiary/aromatic N) is 1. The van der Waals surface area contributed by atoms with Gasteiger partial charge in [-0.05, 0) is 19.4 Å². The number of sulfonamides is 1. The van der Waals surface area contributed by atoms with Crippen LogP contribution in [0.3, 0.4) is 0 Å². The van der Waals surface area contributed by atoms with E-state index in [1.54, 1.807) is 0 Å². The SMILES string of the molecule is O=C1CN(S(=O)(=O)CC2CCCCN2)CC(=O)N1. The molecule has 2 fully saturated rings. The normalized spacial score (nSPS) is 27.0. The minimum Gasteiger partial charge on any atom is -0.313 e. The van der Waals surface area contributed by atoms with E-state index < -0.39 is 21.8 Å². The molecule has 2 heterocycles. The van der Waals surface area contributed by atoms with Crippen molar-refractivity contribution in [2.24, 2.45) is 0 Å². The molecule has 8 heteroatoms. The van der Waals surface area contributed by atoms with Gasteiger partial charge in [0.15, 0.2) is 0 Å². The third kappa shape index (κ3) is 3.27. The molecular weight excluding hydrogens is 258 g/mol. The first kappa shape index (κ1) is 13.4. The first-order valence-electron chi connectivity index (χ1n) is 6.01. The van der Waals surface area contributed by atoms with Gasteiger partial charge in [-0.15, -0.1) is 0 Å². The van der Waals surface area contributed by atoms with Crippen molar-refractivity contribution in [2.45, 2.75) is 25.3 Å². The van der Waals surface area contributed by atoms with Crippen molar-refractivity contribution in [1.82, 2.24) is 14.9 Å². The standard InChI is InChI=1S/C10H17N3O4S/c14-9-5-13(6-10(15)12-9)18(16,17)7-8-3-1-2-4-11-8/h8,11H,1-7H2,(H,12,14,15). The molecule has 1 atom stereocenters. The van der Waals surface area contributed by atoms with Crippen molar-refractivity contribution in [2.75, 3.05) is 25.4 Å². The fourth-order valence-corrected chi connectivity index (χ4v) is 3.87. The minimum absolute atomic E-state index is 0.0481. The molecular formula is C10H17N3O4S. The molecule has 7 nitrogen and oxygen atoms in total. The molecule has 2 rings (SSSR count). The quantitative estimate of drug-likeness (QED) is 0.606. The van der Waals surface area contributed by atoms with Crippen LogP contribution < -0.4 is 10.6 Å². The Morgan fingerprint density at radius 3 is 2.39 bits per heavy atom. The largest absolute Gasteiger partial charge is 0.313 e. The maximum Gasteiger partial charge on any atom is 0.241 e. The number of carbonyl (C=O) groups is 2. The summed E-state index contributed by atoms with van der Waals surface area (Å²) < 4.78 is 25.2. The zero-order valence-corrected chi connectivity index (χ0v) is 10.8. The lowest BCUT2D eigenvalue weighted by atomic mass is 10.1. The van der Waals surface area contributed by atoms with Crippen LogP contribution in [0.1, 0.15) is 19.3 Å². The van der Waals surface area contributed by atoms with Crippen molar-refractivity contribution in [1.29, 1.82) is 0 Å². The molecule has 2 N–H and O–H groups in total. The average molecular weight is 275 g/mol. The van der Waals surface area contributed by atoms with Gasteiger partial charge in [-0.25, -0.2) is 8.42 Å². The van der Waals surface area contributed by atoms with E-state index in [0.29, 0.717) is 0 Å². The van der Waals surface area contributed by atoms with Crippen molar-refractivity contribution < 1.29 is 18.0 Å². The Morgan fingerprint density at radius 1 is 1.17 bits per heavy atom. The Morgan fingerprint density at radius 2 is 1.83 bits per heavy atom. The number of imide groups is 1. The van der Waals surface area contributed by atoms with Crippen LogP contribution in [-0.4, -0.2) is 56.0 Å². The molecule has 0 aliphatic carbocycles. The van der Waals surface area contributed by atoms with E-state index in [2.05, 4.69) is 10.6 Å². The van der Waals surface area contributed by atoms with E-state index in [9.17, 15) is 18.0 Å². The van der Waals surface area contributed by atoms with Gasteiger partial charge in [-0.1, -0.05) is 6.42 Å². The number of hydrogen-bond acceptors (Lipinski definition) is 5. The second kappa shape index (κ2) is 5.33. The van der Waals surface area contributed by atoms with Gasteiger partial charge in [-0.2, -0.15) is 4.31 Å². The van der Waals surface area contributed by atoms with E-state index in [4.69, 9.17) is 0 Å². The van der Waals surface area contributed by atoms with Crippen molar-refractivity contribution in [3.63, 3.8) is 0 Å². The van der Waals surface area contributed by atoms with Gasteiger partial charge in [0, 0.05) is 6.04 Å². The smallest absolute Gasteiger partial charge is 0.241 e. The zero-order valence-electron chi connectivity index (χ0n) is 10.0. The number of carbonyl (C=O) groups excluding carboxylic acids is 2. The Labute approximate surface area is 106 Å². The van der Waals surface area contributed by atoms with Crippen LogP contribution in [0.15, 0.2) is 0 Å². The Kier molecular flexibility index (Phi) is 3.98. The summed E-state index contributed by atoms with van der Waals surface area (Å²) in [6, 6.07) is -0.0798. The molecule has 0 saturated carbocycles. The van der Waals surface area contributed by atoms with Crippen LogP contribution in [0.2, 0.25) is 0 Å². The van der Waals surface area contributed by atoms with Crippen LogP contribution >= 0.6 is 0 Å². The summed E-state index contributed by atoms with van der Waals surface area (Å²) in [5, 5.41) is 5.23. The summed E-state index contributed by atoms with van der Waals surface area (Å²) in [7, 11) is -3.56. The van der Waals surface area contributed by atoms with Crippen LogP contribution in [0.25, 0.3) is 0 Å². The van der Waals surface area contributed by atoms with Gasteiger partial charge in [0.2, 0.25) is 21.8 Å². The Bertz CT molecular complexity index is 426. The molecule has 1 unspecified atom stereocenters. The number of rotatable bonds is 3. The summed E-state index contributed by atoms with van der Waals surface area (Å²) in [5.41, 5.74) is 0. The molecule has 0 aromatic rings. The first-order chi connectivity index (χ1) is 8.47. The molecule has 0 radical (unpaired) electrons. The molecule has 2 saturated heterocycles. The highest BCUT2D eigenvalue weighted by atomic mass is 32.2. The second-order valence-electron chi connectivity index (χ2n) is 4.66. The highest BCUT2D eigenvalue weighted by Gasteiger charge is 2.33. The predicted molar refractivity (Wildman–Crippen MR) is 64.2 cm³/mol. The van der Waals surface area contributed by atoms with Crippen molar-refractivity contribution >= 4 is 21.8 Å². The summed E-state index contributed by atoms with van der Waals surface area (Å²) in [4.78, 5) is 22.3. The predicted octanol–water partition coefficient (Wildman–Crippen LogP) is -1.58. The van der Waals surface area contributed by atoms with Gasteiger partial charge in [0.25, 0.3) is 0 Å². The molecule has 2 aliphatic heterocycles.